The number of hydrogen-bond donors (Lipinski definition) is 2. The number of hydrogen-bond acceptors (Lipinski definition) is 9. The van der Waals surface area contributed by atoms with Crippen LogP contribution in [-0.2, 0) is 11.2 Å². The van der Waals surface area contributed by atoms with Gasteiger partial charge >= 0.3 is 5.69 Å². The number of benzene rings is 1. The predicted octanol–water partition coefficient (Wildman–Crippen LogP) is 1.79. The lowest BCUT2D eigenvalue weighted by Crippen LogP contribution is -2.47. The minimum absolute atomic E-state index is 0.0615. The lowest BCUT2D eigenvalue weighted by atomic mass is 10.1. The molecule has 0 saturated carbocycles. The summed E-state index contributed by atoms with van der Waals surface area (Å²) in [6.45, 7) is 2.37. The minimum atomic E-state index is -0.536. The van der Waals surface area contributed by atoms with E-state index in [4.69, 9.17) is 0 Å². The van der Waals surface area contributed by atoms with Crippen molar-refractivity contribution in [2.45, 2.75) is 6.42 Å². The average molecular weight is 434 g/mol. The summed E-state index contributed by atoms with van der Waals surface area (Å²) in [6.07, 6.45) is 3.12. The molecule has 2 aromatic heterocycles. The molecule has 0 bridgehead atoms. The zero-order valence-corrected chi connectivity index (χ0v) is 17.2. The van der Waals surface area contributed by atoms with Crippen molar-refractivity contribution in [3.8, 4) is 0 Å². The van der Waals surface area contributed by atoms with Gasteiger partial charge in [-0.3, -0.25) is 25.8 Å². The Balaban J connectivity index is 1.44. The molecule has 1 aromatic carbocycles. The van der Waals surface area contributed by atoms with Crippen molar-refractivity contribution in [3.63, 3.8) is 0 Å². The Kier molecular flexibility index (Phi) is 6.35. The summed E-state index contributed by atoms with van der Waals surface area (Å²) in [7, 11) is 0. The third kappa shape index (κ3) is 4.89. The molecule has 0 aliphatic carbocycles. The van der Waals surface area contributed by atoms with E-state index in [-0.39, 0.29) is 29.7 Å². The van der Waals surface area contributed by atoms with Crippen LogP contribution in [0.15, 0.2) is 61.1 Å². The van der Waals surface area contributed by atoms with Crippen LogP contribution in [0.4, 0.5) is 23.1 Å². The predicted molar refractivity (Wildman–Crippen MR) is 119 cm³/mol. The van der Waals surface area contributed by atoms with Gasteiger partial charge in [0.1, 0.15) is 12.1 Å². The first-order valence-corrected chi connectivity index (χ1v) is 10.1. The number of hydrazine groups is 1. The zero-order chi connectivity index (χ0) is 22.3. The Morgan fingerprint density at radius 1 is 0.969 bits per heavy atom. The van der Waals surface area contributed by atoms with E-state index in [1.165, 1.54) is 6.33 Å². The topological polar surface area (TPSA) is 129 Å². The van der Waals surface area contributed by atoms with E-state index in [0.29, 0.717) is 26.2 Å². The smallest absolute Gasteiger partial charge is 0.353 e. The third-order valence-electron chi connectivity index (χ3n) is 5.07. The molecule has 1 fully saturated rings. The lowest BCUT2D eigenvalue weighted by Gasteiger charge is -2.35. The Bertz CT molecular complexity index is 1070. The fourth-order valence-electron chi connectivity index (χ4n) is 3.50. The number of carbonyl (C=O) groups excluding carboxylic acids is 1. The molecule has 0 spiro atoms. The molecule has 1 amide bonds. The minimum Gasteiger partial charge on any atom is -0.353 e. The Labute approximate surface area is 184 Å². The molecule has 1 saturated heterocycles. The van der Waals surface area contributed by atoms with E-state index in [1.54, 1.807) is 6.20 Å². The van der Waals surface area contributed by atoms with Crippen LogP contribution in [0, 0.1) is 10.1 Å². The van der Waals surface area contributed by atoms with Crippen LogP contribution in [0.2, 0.25) is 0 Å². The summed E-state index contributed by atoms with van der Waals surface area (Å²) in [6, 6.07) is 14.9. The molecule has 164 valence electrons. The first-order valence-electron chi connectivity index (χ1n) is 10.1. The van der Waals surface area contributed by atoms with Gasteiger partial charge in [-0.15, -0.1) is 0 Å². The number of pyridine rings is 1. The molecule has 2 N–H and O–H groups in total. The summed E-state index contributed by atoms with van der Waals surface area (Å²) >= 11 is 0. The van der Waals surface area contributed by atoms with Crippen molar-refractivity contribution in [2.24, 2.45) is 0 Å². The largest absolute Gasteiger partial charge is 0.355 e. The standard InChI is InChI=1S/C21H22N8O3/c30-18(14-16-6-2-1-3-7-16)25-26-20-19(29(31)32)21(24-15-23-20)28-12-10-27(11-13-28)17-8-4-5-9-22-17/h1-9,15H,10-14H2,(H,25,30)(H,23,24,26). The molecule has 3 heterocycles. The second-order valence-electron chi connectivity index (χ2n) is 7.15. The van der Waals surface area contributed by atoms with Crippen molar-refractivity contribution < 1.29 is 9.72 Å². The van der Waals surface area contributed by atoms with Crippen molar-refractivity contribution in [1.82, 2.24) is 20.4 Å². The molecule has 3 aromatic rings. The highest BCUT2D eigenvalue weighted by Crippen LogP contribution is 2.32. The third-order valence-corrected chi connectivity index (χ3v) is 5.07. The van der Waals surface area contributed by atoms with Crippen LogP contribution in [-0.4, -0.2) is 52.0 Å². The van der Waals surface area contributed by atoms with Gasteiger partial charge in [0.05, 0.1) is 11.3 Å². The molecule has 0 atom stereocenters. The van der Waals surface area contributed by atoms with Crippen molar-refractivity contribution in [2.75, 3.05) is 41.4 Å². The van der Waals surface area contributed by atoms with E-state index in [0.717, 1.165) is 11.4 Å². The summed E-state index contributed by atoms with van der Waals surface area (Å²) in [5, 5.41) is 11.8. The number of nitrogens with zero attached hydrogens (tertiary/aromatic N) is 6. The molecule has 1 aliphatic heterocycles. The maximum absolute atomic E-state index is 12.2. The number of amides is 1. The van der Waals surface area contributed by atoms with Gasteiger partial charge in [0.25, 0.3) is 0 Å². The zero-order valence-electron chi connectivity index (χ0n) is 17.2. The normalized spacial score (nSPS) is 13.5. The number of carbonyl (C=O) groups is 1. The van der Waals surface area contributed by atoms with Gasteiger partial charge < -0.3 is 9.80 Å². The highest BCUT2D eigenvalue weighted by atomic mass is 16.6. The number of rotatable bonds is 7. The average Bonchev–Trinajstić information content (AvgIpc) is 2.83. The molecule has 1 aliphatic rings. The van der Waals surface area contributed by atoms with Gasteiger partial charge in [-0.25, -0.2) is 15.0 Å². The number of anilines is 3. The molecular weight excluding hydrogens is 412 g/mol. The molecular formula is C21H22N8O3. The van der Waals surface area contributed by atoms with Crippen LogP contribution in [0.1, 0.15) is 5.56 Å². The van der Waals surface area contributed by atoms with Gasteiger partial charge in [-0.2, -0.15) is 0 Å². The Hall–Kier alpha value is -4.28. The van der Waals surface area contributed by atoms with Crippen molar-refractivity contribution in [3.05, 3.63) is 76.7 Å². The lowest BCUT2D eigenvalue weighted by molar-refractivity contribution is -0.383. The van der Waals surface area contributed by atoms with Gasteiger partial charge in [-0.1, -0.05) is 36.4 Å². The molecule has 11 nitrogen and oxygen atoms in total. The quantitative estimate of drug-likeness (QED) is 0.422. The molecule has 0 radical (unpaired) electrons. The van der Waals surface area contributed by atoms with E-state index in [9.17, 15) is 14.9 Å². The summed E-state index contributed by atoms with van der Waals surface area (Å²) in [4.78, 5) is 40.0. The van der Waals surface area contributed by atoms with Gasteiger partial charge in [0, 0.05) is 32.4 Å². The number of piperazine rings is 1. The van der Waals surface area contributed by atoms with Crippen molar-refractivity contribution in [1.29, 1.82) is 0 Å². The fourth-order valence-corrected chi connectivity index (χ4v) is 3.50. The van der Waals surface area contributed by atoms with E-state index in [1.807, 2.05) is 53.4 Å². The monoisotopic (exact) mass is 434 g/mol. The maximum Gasteiger partial charge on any atom is 0.355 e. The van der Waals surface area contributed by atoms with Gasteiger partial charge in [-0.05, 0) is 17.7 Å². The van der Waals surface area contributed by atoms with E-state index in [2.05, 4.69) is 30.7 Å². The Morgan fingerprint density at radius 3 is 2.38 bits per heavy atom. The molecule has 11 heteroatoms. The second kappa shape index (κ2) is 9.69. The molecule has 32 heavy (non-hydrogen) atoms. The number of aromatic nitrogens is 3. The van der Waals surface area contributed by atoms with Gasteiger partial charge in [0.2, 0.25) is 17.5 Å². The summed E-state index contributed by atoms with van der Waals surface area (Å²) in [5.74, 6) is 0.682. The first kappa shape index (κ1) is 21.0. The molecule has 4 rings (SSSR count). The maximum atomic E-state index is 12.2. The van der Waals surface area contributed by atoms with E-state index < -0.39 is 4.92 Å². The van der Waals surface area contributed by atoms with Crippen LogP contribution < -0.4 is 20.7 Å². The van der Waals surface area contributed by atoms with Crippen LogP contribution in [0.25, 0.3) is 0 Å². The number of nitro groups is 1. The first-order chi connectivity index (χ1) is 15.6. The highest BCUT2D eigenvalue weighted by Gasteiger charge is 2.29. The second-order valence-corrected chi connectivity index (χ2v) is 7.15. The Morgan fingerprint density at radius 2 is 1.69 bits per heavy atom. The SMILES string of the molecule is O=C(Cc1ccccc1)NNc1ncnc(N2CCN(c3ccccn3)CC2)c1[N+](=O)[O-]. The van der Waals surface area contributed by atoms with Crippen LogP contribution in [0.3, 0.4) is 0 Å². The van der Waals surface area contributed by atoms with E-state index >= 15 is 0 Å². The molecule has 0 unspecified atom stereocenters. The highest BCUT2D eigenvalue weighted by molar-refractivity contribution is 5.81. The summed E-state index contributed by atoms with van der Waals surface area (Å²) in [5.41, 5.74) is 5.62. The summed E-state index contributed by atoms with van der Waals surface area (Å²) < 4.78 is 0. The van der Waals surface area contributed by atoms with Crippen molar-refractivity contribution >= 4 is 29.0 Å². The number of nitrogens with one attached hydrogen (secondary N) is 2. The van der Waals surface area contributed by atoms with Gasteiger partial charge in [0.15, 0.2) is 0 Å². The fraction of sp³-hybridized carbons (Fsp3) is 0.238. The van der Waals surface area contributed by atoms with Crippen LogP contribution >= 0.6 is 0 Å². The van der Waals surface area contributed by atoms with Crippen LogP contribution in [0.5, 0.6) is 0 Å².